The second-order valence-electron chi connectivity index (χ2n) is 7.57. The van der Waals surface area contributed by atoms with Gasteiger partial charge in [0.25, 0.3) is 0 Å². The van der Waals surface area contributed by atoms with E-state index in [9.17, 15) is 4.79 Å². The molecule has 1 amide bonds. The van der Waals surface area contributed by atoms with Crippen molar-refractivity contribution in [3.05, 3.63) is 76.3 Å². The Balaban J connectivity index is 1.69. The zero-order valence-corrected chi connectivity index (χ0v) is 16.6. The topological polar surface area (TPSA) is 62.7 Å². The van der Waals surface area contributed by atoms with E-state index >= 15 is 0 Å². The van der Waals surface area contributed by atoms with Gasteiger partial charge in [-0.1, -0.05) is 63.2 Å². The van der Waals surface area contributed by atoms with Crippen LogP contribution in [0.1, 0.15) is 37.7 Å². The molecule has 0 aliphatic rings. The molecular weight excluding hydrogens is 356 g/mol. The van der Waals surface area contributed by atoms with Crippen LogP contribution in [0.4, 0.5) is 5.69 Å². The summed E-state index contributed by atoms with van der Waals surface area (Å²) in [5.41, 5.74) is 3.19. The number of nitrogens with zero attached hydrogens (tertiary/aromatic N) is 2. The van der Waals surface area contributed by atoms with Gasteiger partial charge in [-0.25, -0.2) is 0 Å². The minimum Gasteiger partial charge on any atom is -0.326 e. The van der Waals surface area contributed by atoms with Crippen LogP contribution in [0.3, 0.4) is 0 Å². The predicted molar refractivity (Wildman–Crippen MR) is 110 cm³/mol. The molecular formula is C21H24N4OS. The van der Waals surface area contributed by atoms with Crippen LogP contribution >= 0.6 is 12.2 Å². The second kappa shape index (κ2) is 7.88. The van der Waals surface area contributed by atoms with E-state index in [0.29, 0.717) is 17.1 Å². The summed E-state index contributed by atoms with van der Waals surface area (Å²) in [6.07, 6.45) is 0.154. The Labute approximate surface area is 164 Å². The molecule has 3 rings (SSSR count). The largest absolute Gasteiger partial charge is 0.326 e. The lowest BCUT2D eigenvalue weighted by Crippen LogP contribution is -2.18. The minimum absolute atomic E-state index is 0.0838. The van der Waals surface area contributed by atoms with Crippen molar-refractivity contribution in [3.8, 4) is 0 Å². The summed E-state index contributed by atoms with van der Waals surface area (Å²) in [5.74, 6) is 0.495. The molecule has 0 unspecified atom stereocenters. The maximum Gasteiger partial charge on any atom is 0.232 e. The summed E-state index contributed by atoms with van der Waals surface area (Å²) in [6.45, 7) is 7.07. The molecule has 0 saturated carbocycles. The molecule has 0 saturated heterocycles. The number of amides is 1. The van der Waals surface area contributed by atoms with Gasteiger partial charge in [-0.2, -0.15) is 5.10 Å². The fourth-order valence-electron chi connectivity index (χ4n) is 2.82. The van der Waals surface area contributed by atoms with Crippen LogP contribution in [0.5, 0.6) is 0 Å². The van der Waals surface area contributed by atoms with E-state index in [0.717, 1.165) is 11.3 Å². The van der Waals surface area contributed by atoms with Gasteiger partial charge in [0.05, 0.1) is 13.0 Å². The highest BCUT2D eigenvalue weighted by Gasteiger charge is 2.14. The zero-order chi connectivity index (χ0) is 19.4. The van der Waals surface area contributed by atoms with E-state index in [1.807, 2.05) is 59.2 Å². The fraction of sp³-hybridized carbons (Fsp3) is 0.286. The van der Waals surface area contributed by atoms with Crippen LogP contribution in [0.15, 0.2) is 54.6 Å². The van der Waals surface area contributed by atoms with Gasteiger partial charge in [0.1, 0.15) is 5.82 Å². The number of hydrogen-bond donors (Lipinski definition) is 2. The first-order chi connectivity index (χ1) is 12.8. The third kappa shape index (κ3) is 4.92. The first-order valence-corrected chi connectivity index (χ1v) is 9.32. The van der Waals surface area contributed by atoms with Gasteiger partial charge in [0, 0.05) is 5.69 Å². The van der Waals surface area contributed by atoms with Crippen molar-refractivity contribution in [1.29, 1.82) is 0 Å². The molecule has 1 aromatic heterocycles. The van der Waals surface area contributed by atoms with E-state index in [1.54, 1.807) is 0 Å². The molecule has 0 fully saturated rings. The van der Waals surface area contributed by atoms with E-state index in [1.165, 1.54) is 5.56 Å². The molecule has 0 spiro atoms. The minimum atomic E-state index is -0.123. The molecule has 27 heavy (non-hydrogen) atoms. The maximum atomic E-state index is 12.5. The Kier molecular flexibility index (Phi) is 5.56. The predicted octanol–water partition coefficient (Wildman–Crippen LogP) is 4.47. The number of carbonyl (C=O) groups is 1. The Bertz CT molecular complexity index is 966. The number of carbonyl (C=O) groups excluding carboxylic acids is 1. The number of aromatic nitrogens is 3. The van der Waals surface area contributed by atoms with Crippen LogP contribution in [-0.2, 0) is 23.2 Å². The van der Waals surface area contributed by atoms with Crippen LogP contribution in [-0.4, -0.2) is 20.7 Å². The lowest BCUT2D eigenvalue weighted by Gasteiger charge is -2.19. The van der Waals surface area contributed by atoms with Crippen molar-refractivity contribution in [2.45, 2.75) is 39.2 Å². The summed E-state index contributed by atoms with van der Waals surface area (Å²) in [6, 6.07) is 17.9. The SMILES string of the molecule is CC(C)(C)c1ccc(NC(=O)Cc2n[nH]c(=S)n2Cc2ccccc2)cc1. The molecule has 0 atom stereocenters. The number of H-pyrrole nitrogens is 1. The molecule has 5 nitrogen and oxygen atoms in total. The second-order valence-corrected chi connectivity index (χ2v) is 7.96. The number of aromatic amines is 1. The Morgan fingerprint density at radius 3 is 2.41 bits per heavy atom. The molecule has 0 aliphatic heterocycles. The van der Waals surface area contributed by atoms with Crippen molar-refractivity contribution >= 4 is 23.8 Å². The van der Waals surface area contributed by atoms with Gasteiger partial charge < -0.3 is 5.32 Å². The number of rotatable bonds is 5. The normalized spacial score (nSPS) is 11.4. The van der Waals surface area contributed by atoms with Crippen LogP contribution in [0, 0.1) is 4.77 Å². The van der Waals surface area contributed by atoms with E-state index in [2.05, 4.69) is 36.3 Å². The van der Waals surface area contributed by atoms with Crippen molar-refractivity contribution in [2.75, 3.05) is 5.32 Å². The summed E-state index contributed by atoms with van der Waals surface area (Å²) in [7, 11) is 0. The average Bonchev–Trinajstić information content (AvgIpc) is 2.95. The number of hydrogen-bond acceptors (Lipinski definition) is 3. The summed E-state index contributed by atoms with van der Waals surface area (Å²) in [4.78, 5) is 12.5. The highest BCUT2D eigenvalue weighted by molar-refractivity contribution is 7.71. The molecule has 2 N–H and O–H groups in total. The number of anilines is 1. The van der Waals surface area contributed by atoms with Crippen molar-refractivity contribution in [3.63, 3.8) is 0 Å². The molecule has 0 bridgehead atoms. The first-order valence-electron chi connectivity index (χ1n) is 8.91. The molecule has 6 heteroatoms. The van der Waals surface area contributed by atoms with Crippen molar-refractivity contribution < 1.29 is 4.79 Å². The lowest BCUT2D eigenvalue weighted by atomic mass is 9.87. The Morgan fingerprint density at radius 2 is 1.78 bits per heavy atom. The monoisotopic (exact) mass is 380 g/mol. The van der Waals surface area contributed by atoms with Crippen molar-refractivity contribution in [1.82, 2.24) is 14.8 Å². The Morgan fingerprint density at radius 1 is 1.11 bits per heavy atom. The standard InChI is InChI=1S/C21H24N4OS/c1-21(2,3)16-9-11-17(12-10-16)22-19(26)13-18-23-24-20(27)25(18)14-15-7-5-4-6-8-15/h4-12H,13-14H2,1-3H3,(H,22,26)(H,24,27). The average molecular weight is 381 g/mol. The third-order valence-electron chi connectivity index (χ3n) is 4.37. The first kappa shape index (κ1) is 19.0. The molecule has 1 heterocycles. The summed E-state index contributed by atoms with van der Waals surface area (Å²) in [5, 5.41) is 9.94. The van der Waals surface area contributed by atoms with Gasteiger partial charge in [0.2, 0.25) is 5.91 Å². The van der Waals surface area contributed by atoms with Gasteiger partial charge in [-0.15, -0.1) is 0 Å². The van der Waals surface area contributed by atoms with E-state index in [-0.39, 0.29) is 17.7 Å². The highest BCUT2D eigenvalue weighted by atomic mass is 32.1. The quantitative estimate of drug-likeness (QED) is 0.642. The molecule has 0 aliphatic carbocycles. The summed E-state index contributed by atoms with van der Waals surface area (Å²) >= 11 is 5.32. The van der Waals surface area contributed by atoms with Crippen LogP contribution < -0.4 is 5.32 Å². The molecule has 0 radical (unpaired) electrons. The van der Waals surface area contributed by atoms with Crippen molar-refractivity contribution in [2.24, 2.45) is 0 Å². The molecule has 3 aromatic rings. The smallest absolute Gasteiger partial charge is 0.232 e. The highest BCUT2D eigenvalue weighted by Crippen LogP contribution is 2.23. The lowest BCUT2D eigenvalue weighted by molar-refractivity contribution is -0.115. The molecule has 140 valence electrons. The van der Waals surface area contributed by atoms with Crippen LogP contribution in [0.2, 0.25) is 0 Å². The van der Waals surface area contributed by atoms with E-state index < -0.39 is 0 Å². The zero-order valence-electron chi connectivity index (χ0n) is 15.8. The van der Waals surface area contributed by atoms with Gasteiger partial charge in [0.15, 0.2) is 4.77 Å². The van der Waals surface area contributed by atoms with Gasteiger partial charge in [-0.05, 0) is 40.9 Å². The molecule has 2 aromatic carbocycles. The number of nitrogens with one attached hydrogen (secondary N) is 2. The maximum absolute atomic E-state index is 12.5. The number of benzene rings is 2. The van der Waals surface area contributed by atoms with Gasteiger partial charge in [-0.3, -0.25) is 14.5 Å². The van der Waals surface area contributed by atoms with Crippen LogP contribution in [0.25, 0.3) is 0 Å². The third-order valence-corrected chi connectivity index (χ3v) is 4.69. The summed E-state index contributed by atoms with van der Waals surface area (Å²) < 4.78 is 2.36. The Hall–Kier alpha value is -2.73. The van der Waals surface area contributed by atoms with Gasteiger partial charge >= 0.3 is 0 Å². The fourth-order valence-corrected chi connectivity index (χ4v) is 3.03. The van der Waals surface area contributed by atoms with E-state index in [4.69, 9.17) is 12.2 Å².